The molecule has 0 aliphatic heterocycles. The van der Waals surface area contributed by atoms with E-state index in [9.17, 15) is 4.79 Å². The van der Waals surface area contributed by atoms with Gasteiger partial charge in [0, 0.05) is 23.9 Å². The number of aromatic nitrogens is 2. The minimum absolute atomic E-state index is 0. The smallest absolute Gasteiger partial charge is 0.241 e. The maximum atomic E-state index is 12.6. The second-order valence-electron chi connectivity index (χ2n) is 7.77. The highest BCUT2D eigenvalue weighted by atomic mass is 35.5. The fourth-order valence-corrected chi connectivity index (χ4v) is 3.60. The summed E-state index contributed by atoms with van der Waals surface area (Å²) in [4.78, 5) is 12.6. The monoisotopic (exact) mass is 376 g/mol. The first kappa shape index (κ1) is 21.3. The lowest BCUT2D eigenvalue weighted by molar-refractivity contribution is -0.170. The fraction of sp³-hybridized carbons (Fsp3) is 0.812. The Morgan fingerprint density at radius 2 is 2.04 bits per heavy atom. The maximum Gasteiger partial charge on any atom is 0.241 e. The summed E-state index contributed by atoms with van der Waals surface area (Å²) in [5, 5.41) is 13.0. The van der Waals surface area contributed by atoms with E-state index in [0.29, 0.717) is 19.6 Å². The maximum absolute atomic E-state index is 12.6. The molecule has 3 N–H and O–H groups in total. The number of nitrogens with two attached hydrogens (primary N) is 1. The van der Waals surface area contributed by atoms with Crippen molar-refractivity contribution in [1.82, 2.24) is 15.5 Å². The van der Waals surface area contributed by atoms with E-state index in [2.05, 4.69) is 36.3 Å². The number of hydrogen-bond acceptors (Lipinski definition) is 6. The number of halogens is 1. The molecule has 0 saturated heterocycles. The van der Waals surface area contributed by atoms with E-state index in [4.69, 9.17) is 10.5 Å². The average Bonchev–Trinajstić information content (AvgIpc) is 2.93. The van der Waals surface area contributed by atoms with Gasteiger partial charge in [0.05, 0.1) is 12.6 Å². The van der Waals surface area contributed by atoms with Crippen LogP contribution in [0.1, 0.15) is 58.0 Å². The van der Waals surface area contributed by atoms with Gasteiger partial charge in [-0.2, -0.15) is 0 Å². The predicted octanol–water partition coefficient (Wildman–Crippen LogP) is 2.41. The summed E-state index contributed by atoms with van der Waals surface area (Å²) in [7, 11) is 0. The lowest BCUT2D eigenvalue weighted by Gasteiger charge is -2.57. The standard InChI is InChI=1S/C16H28N4O2S.ClH/c1-7-22-10-8-16(17,15(10,5)6)12(21)18-9-11-19-20-13(23-11)14(2,3)4;/h10H,7-9,17H2,1-6H3,(H,18,21);1H. The van der Waals surface area contributed by atoms with E-state index < -0.39 is 5.54 Å². The van der Waals surface area contributed by atoms with E-state index in [1.807, 2.05) is 20.8 Å². The highest BCUT2D eigenvalue weighted by Crippen LogP contribution is 2.49. The topological polar surface area (TPSA) is 90.1 Å². The Kier molecular flexibility index (Phi) is 6.42. The molecule has 24 heavy (non-hydrogen) atoms. The van der Waals surface area contributed by atoms with Gasteiger partial charge in [0.1, 0.15) is 15.6 Å². The van der Waals surface area contributed by atoms with E-state index >= 15 is 0 Å². The fourth-order valence-electron chi connectivity index (χ4n) is 2.76. The molecule has 0 aromatic carbocycles. The zero-order valence-corrected chi connectivity index (χ0v) is 16.9. The number of nitrogens with one attached hydrogen (secondary N) is 1. The van der Waals surface area contributed by atoms with Crippen LogP contribution in [0, 0.1) is 5.41 Å². The van der Waals surface area contributed by atoms with Crippen molar-refractivity contribution >= 4 is 29.7 Å². The molecule has 2 unspecified atom stereocenters. The quantitative estimate of drug-likeness (QED) is 0.823. The number of amides is 1. The zero-order valence-electron chi connectivity index (χ0n) is 15.3. The first-order valence-electron chi connectivity index (χ1n) is 8.04. The Balaban J connectivity index is 0.00000288. The summed E-state index contributed by atoms with van der Waals surface area (Å²) in [6.07, 6.45) is 0.570. The van der Waals surface area contributed by atoms with Crippen molar-refractivity contribution in [2.24, 2.45) is 11.1 Å². The van der Waals surface area contributed by atoms with Crippen molar-refractivity contribution in [3.63, 3.8) is 0 Å². The molecule has 1 amide bonds. The molecule has 8 heteroatoms. The van der Waals surface area contributed by atoms with Crippen LogP contribution >= 0.6 is 23.7 Å². The van der Waals surface area contributed by atoms with Crippen molar-refractivity contribution < 1.29 is 9.53 Å². The number of carbonyl (C=O) groups excluding carboxylic acids is 1. The number of ether oxygens (including phenoxy) is 1. The summed E-state index contributed by atoms with van der Waals surface area (Å²) < 4.78 is 5.66. The summed E-state index contributed by atoms with van der Waals surface area (Å²) in [6, 6.07) is 0. The van der Waals surface area contributed by atoms with Gasteiger partial charge in [0.15, 0.2) is 0 Å². The number of hydrogen-bond donors (Lipinski definition) is 2. The molecule has 2 atom stereocenters. The summed E-state index contributed by atoms with van der Waals surface area (Å²) in [5.41, 5.74) is 5.04. The van der Waals surface area contributed by atoms with E-state index in [0.717, 1.165) is 10.0 Å². The molecule has 0 bridgehead atoms. The lowest BCUT2D eigenvalue weighted by Crippen LogP contribution is -2.75. The van der Waals surface area contributed by atoms with Crippen LogP contribution in [0.3, 0.4) is 0 Å². The van der Waals surface area contributed by atoms with Gasteiger partial charge in [0.25, 0.3) is 0 Å². The van der Waals surface area contributed by atoms with Crippen molar-refractivity contribution in [1.29, 1.82) is 0 Å². The Morgan fingerprint density at radius 3 is 2.50 bits per heavy atom. The highest BCUT2D eigenvalue weighted by molar-refractivity contribution is 7.11. The van der Waals surface area contributed by atoms with Crippen molar-refractivity contribution in [2.75, 3.05) is 6.61 Å². The van der Waals surface area contributed by atoms with Gasteiger partial charge in [-0.05, 0) is 6.92 Å². The van der Waals surface area contributed by atoms with Crippen LogP contribution in [0.15, 0.2) is 0 Å². The second kappa shape index (κ2) is 7.23. The van der Waals surface area contributed by atoms with Crippen LogP contribution in [0.25, 0.3) is 0 Å². The van der Waals surface area contributed by atoms with E-state index in [1.165, 1.54) is 11.3 Å². The van der Waals surface area contributed by atoms with Crippen LogP contribution in [0.5, 0.6) is 0 Å². The molecule has 138 valence electrons. The van der Waals surface area contributed by atoms with Crippen molar-refractivity contribution in [3.05, 3.63) is 10.0 Å². The summed E-state index contributed by atoms with van der Waals surface area (Å²) in [5.74, 6) is -0.147. The van der Waals surface area contributed by atoms with Crippen LogP contribution < -0.4 is 11.1 Å². The largest absolute Gasteiger partial charge is 0.378 e. The van der Waals surface area contributed by atoms with Gasteiger partial charge in [-0.15, -0.1) is 22.6 Å². The molecule has 0 radical (unpaired) electrons. The van der Waals surface area contributed by atoms with Gasteiger partial charge in [-0.1, -0.05) is 46.0 Å². The third kappa shape index (κ3) is 3.74. The van der Waals surface area contributed by atoms with Crippen LogP contribution in [0.4, 0.5) is 0 Å². The molecule has 0 spiro atoms. The number of nitrogens with zero attached hydrogens (tertiary/aromatic N) is 2. The average molecular weight is 377 g/mol. The van der Waals surface area contributed by atoms with Crippen LogP contribution in [-0.4, -0.2) is 34.4 Å². The normalized spacial score (nSPS) is 25.5. The van der Waals surface area contributed by atoms with Gasteiger partial charge in [0.2, 0.25) is 5.91 Å². The van der Waals surface area contributed by atoms with Crippen molar-refractivity contribution in [3.8, 4) is 0 Å². The first-order valence-corrected chi connectivity index (χ1v) is 8.85. The number of rotatable bonds is 5. The minimum Gasteiger partial charge on any atom is -0.378 e. The third-order valence-electron chi connectivity index (χ3n) is 4.74. The Bertz CT molecular complexity index is 585. The molecular formula is C16H29ClN4O2S. The SMILES string of the molecule is CCOC1CC(N)(C(=O)NCc2nnc(C(C)(C)C)s2)C1(C)C.Cl. The van der Waals surface area contributed by atoms with E-state index in [-0.39, 0.29) is 35.2 Å². The number of carbonyl (C=O) groups is 1. The first-order chi connectivity index (χ1) is 10.5. The summed E-state index contributed by atoms with van der Waals surface area (Å²) in [6.45, 7) is 13.2. The predicted molar refractivity (Wildman–Crippen MR) is 98.4 cm³/mol. The van der Waals surface area contributed by atoms with Gasteiger partial charge < -0.3 is 15.8 Å². The second-order valence-corrected chi connectivity index (χ2v) is 8.84. The minimum atomic E-state index is -0.898. The molecular weight excluding hydrogens is 348 g/mol. The molecule has 1 heterocycles. The molecule has 2 rings (SSSR count). The van der Waals surface area contributed by atoms with Crippen LogP contribution in [-0.2, 0) is 21.5 Å². The molecule has 6 nitrogen and oxygen atoms in total. The molecule has 1 aromatic rings. The Hall–Kier alpha value is -0.760. The molecule has 1 aliphatic carbocycles. The Labute approximate surface area is 154 Å². The molecule has 1 saturated carbocycles. The molecule has 1 aromatic heterocycles. The molecule has 1 fully saturated rings. The van der Waals surface area contributed by atoms with Crippen molar-refractivity contribution in [2.45, 2.75) is 71.6 Å². The zero-order chi connectivity index (χ0) is 17.5. The van der Waals surface area contributed by atoms with E-state index in [1.54, 1.807) is 0 Å². The molecule has 1 aliphatic rings. The van der Waals surface area contributed by atoms with Gasteiger partial charge in [-0.25, -0.2) is 0 Å². The Morgan fingerprint density at radius 1 is 1.42 bits per heavy atom. The lowest BCUT2D eigenvalue weighted by atomic mass is 9.54. The summed E-state index contributed by atoms with van der Waals surface area (Å²) >= 11 is 1.52. The van der Waals surface area contributed by atoms with Crippen LogP contribution in [0.2, 0.25) is 0 Å². The third-order valence-corrected chi connectivity index (χ3v) is 6.09. The highest BCUT2D eigenvalue weighted by Gasteiger charge is 2.62. The van der Waals surface area contributed by atoms with Gasteiger partial charge >= 0.3 is 0 Å². The van der Waals surface area contributed by atoms with Gasteiger partial charge in [-0.3, -0.25) is 4.79 Å².